The third-order valence-corrected chi connectivity index (χ3v) is 3.16. The van der Waals surface area contributed by atoms with Crippen molar-refractivity contribution in [3.8, 4) is 0 Å². The van der Waals surface area contributed by atoms with Gasteiger partial charge in [-0.2, -0.15) is 0 Å². The lowest BCUT2D eigenvalue weighted by Crippen LogP contribution is -2.14. The predicted molar refractivity (Wildman–Crippen MR) is 75.6 cm³/mol. The van der Waals surface area contributed by atoms with Gasteiger partial charge in [0.05, 0.1) is 0 Å². The molecule has 0 aliphatic carbocycles. The second-order valence-corrected chi connectivity index (χ2v) is 4.57. The van der Waals surface area contributed by atoms with E-state index >= 15 is 0 Å². The lowest BCUT2D eigenvalue weighted by Gasteiger charge is -2.06. The van der Waals surface area contributed by atoms with Gasteiger partial charge in [-0.1, -0.05) is 24.6 Å². The molecular weight excluding hydrogens is 262 g/mol. The van der Waals surface area contributed by atoms with E-state index in [4.69, 9.17) is 11.6 Å². The highest BCUT2D eigenvalue weighted by Crippen LogP contribution is 2.20. The summed E-state index contributed by atoms with van der Waals surface area (Å²) in [7, 11) is 0. The van der Waals surface area contributed by atoms with Crippen molar-refractivity contribution in [2.24, 2.45) is 0 Å². The third kappa shape index (κ3) is 3.29. The zero-order chi connectivity index (χ0) is 13.8. The van der Waals surface area contributed by atoms with E-state index < -0.39 is 0 Å². The lowest BCUT2D eigenvalue weighted by molar-refractivity contribution is 0.102. The van der Waals surface area contributed by atoms with E-state index in [1.807, 2.05) is 19.9 Å². The van der Waals surface area contributed by atoms with E-state index in [-0.39, 0.29) is 5.91 Å². The van der Waals surface area contributed by atoms with E-state index in [0.29, 0.717) is 16.4 Å². The van der Waals surface area contributed by atoms with E-state index in [9.17, 15) is 4.79 Å². The fraction of sp³-hybridized carbons (Fsp3) is 0.214. The van der Waals surface area contributed by atoms with Gasteiger partial charge < -0.3 is 5.32 Å². The summed E-state index contributed by atoms with van der Waals surface area (Å²) in [6.07, 6.45) is 2.16. The molecule has 1 aromatic heterocycles. The number of amides is 1. The molecule has 98 valence electrons. The van der Waals surface area contributed by atoms with Gasteiger partial charge in [-0.15, -0.1) is 0 Å². The summed E-state index contributed by atoms with van der Waals surface area (Å²) in [5.74, 6) is -0.267. The van der Waals surface area contributed by atoms with Gasteiger partial charge in [0.25, 0.3) is 5.91 Å². The zero-order valence-electron chi connectivity index (χ0n) is 10.8. The highest BCUT2D eigenvalue weighted by Gasteiger charge is 2.09. The second kappa shape index (κ2) is 5.80. The molecule has 0 unspecified atom stereocenters. The largest absolute Gasteiger partial charge is 0.321 e. The monoisotopic (exact) mass is 275 g/mol. The Morgan fingerprint density at radius 2 is 2.11 bits per heavy atom. The first-order valence-corrected chi connectivity index (χ1v) is 6.36. The smallest absolute Gasteiger partial charge is 0.274 e. The first kappa shape index (κ1) is 13.5. The number of carbonyl (C=O) groups is 1. The Bertz CT molecular complexity index is 613. The van der Waals surface area contributed by atoms with Crippen LogP contribution in [0.1, 0.15) is 28.7 Å². The summed E-state index contributed by atoms with van der Waals surface area (Å²) in [5, 5.41) is 3.38. The number of nitrogens with one attached hydrogen (secondary N) is 1. The molecule has 0 saturated heterocycles. The summed E-state index contributed by atoms with van der Waals surface area (Å²) in [6.45, 7) is 3.88. The third-order valence-electron chi connectivity index (χ3n) is 2.75. The average Bonchev–Trinajstić information content (AvgIpc) is 2.43. The van der Waals surface area contributed by atoms with Crippen LogP contribution in [0.5, 0.6) is 0 Å². The Morgan fingerprint density at radius 1 is 1.32 bits per heavy atom. The predicted octanol–water partition coefficient (Wildman–Crippen LogP) is 3.25. The Labute approximate surface area is 116 Å². The van der Waals surface area contributed by atoms with Crippen LogP contribution in [0.3, 0.4) is 0 Å². The van der Waals surface area contributed by atoms with Gasteiger partial charge in [0.15, 0.2) is 0 Å². The fourth-order valence-corrected chi connectivity index (χ4v) is 1.76. The van der Waals surface area contributed by atoms with Gasteiger partial charge in [0.2, 0.25) is 0 Å². The lowest BCUT2D eigenvalue weighted by atomic mass is 10.2. The highest BCUT2D eigenvalue weighted by atomic mass is 35.5. The fourth-order valence-electron chi connectivity index (χ4n) is 1.58. The van der Waals surface area contributed by atoms with Crippen LogP contribution in [0, 0.1) is 6.92 Å². The standard InChI is InChI=1S/C14H14ClN3O/c1-3-10-7-13(17-8-16-10)14(19)18-11-5-4-9(2)12(15)6-11/h4-8H,3H2,1-2H3,(H,18,19). The highest BCUT2D eigenvalue weighted by molar-refractivity contribution is 6.31. The summed E-state index contributed by atoms with van der Waals surface area (Å²) in [5.41, 5.74) is 2.80. The van der Waals surface area contributed by atoms with Gasteiger partial charge >= 0.3 is 0 Å². The van der Waals surface area contributed by atoms with Crippen molar-refractivity contribution in [3.63, 3.8) is 0 Å². The molecule has 0 radical (unpaired) electrons. The topological polar surface area (TPSA) is 54.9 Å². The van der Waals surface area contributed by atoms with Gasteiger partial charge in [-0.3, -0.25) is 4.79 Å². The maximum Gasteiger partial charge on any atom is 0.274 e. The Morgan fingerprint density at radius 3 is 2.79 bits per heavy atom. The number of aromatic nitrogens is 2. The molecule has 19 heavy (non-hydrogen) atoms. The molecule has 0 fully saturated rings. The van der Waals surface area contributed by atoms with Gasteiger partial charge in [-0.25, -0.2) is 9.97 Å². The minimum absolute atomic E-state index is 0.267. The molecule has 4 nitrogen and oxygen atoms in total. The first-order chi connectivity index (χ1) is 9.10. The van der Waals surface area contributed by atoms with Crippen LogP contribution in [0.2, 0.25) is 5.02 Å². The van der Waals surface area contributed by atoms with E-state index in [2.05, 4.69) is 15.3 Å². The summed E-state index contributed by atoms with van der Waals surface area (Å²) in [4.78, 5) is 20.1. The van der Waals surface area contributed by atoms with Crippen molar-refractivity contribution in [1.29, 1.82) is 0 Å². The van der Waals surface area contributed by atoms with Crippen LogP contribution in [-0.2, 0) is 6.42 Å². The summed E-state index contributed by atoms with van der Waals surface area (Å²) < 4.78 is 0. The molecule has 0 aliphatic rings. The number of nitrogens with zero attached hydrogens (tertiary/aromatic N) is 2. The molecular formula is C14H14ClN3O. The SMILES string of the molecule is CCc1cc(C(=O)Nc2ccc(C)c(Cl)c2)ncn1. The number of benzene rings is 1. The van der Waals surface area contributed by atoms with Gasteiger partial charge in [0.1, 0.15) is 12.0 Å². The molecule has 2 rings (SSSR count). The van der Waals surface area contributed by atoms with E-state index in [1.165, 1.54) is 6.33 Å². The van der Waals surface area contributed by atoms with Crippen LogP contribution < -0.4 is 5.32 Å². The number of anilines is 1. The maximum atomic E-state index is 12.0. The van der Waals surface area contributed by atoms with Crippen molar-refractivity contribution < 1.29 is 4.79 Å². The number of rotatable bonds is 3. The van der Waals surface area contributed by atoms with Crippen molar-refractivity contribution in [1.82, 2.24) is 9.97 Å². The molecule has 0 saturated carbocycles. The Kier molecular flexibility index (Phi) is 4.12. The molecule has 0 bridgehead atoms. The number of carbonyl (C=O) groups excluding carboxylic acids is 1. The van der Waals surface area contributed by atoms with Crippen LogP contribution >= 0.6 is 11.6 Å². The summed E-state index contributed by atoms with van der Waals surface area (Å²) in [6, 6.07) is 7.07. The first-order valence-electron chi connectivity index (χ1n) is 5.98. The second-order valence-electron chi connectivity index (χ2n) is 4.17. The quantitative estimate of drug-likeness (QED) is 0.935. The molecule has 5 heteroatoms. The maximum absolute atomic E-state index is 12.0. The van der Waals surface area contributed by atoms with Crippen LogP contribution in [-0.4, -0.2) is 15.9 Å². The van der Waals surface area contributed by atoms with Crippen LogP contribution in [0.25, 0.3) is 0 Å². The van der Waals surface area contributed by atoms with Crippen molar-refractivity contribution in [2.45, 2.75) is 20.3 Å². The van der Waals surface area contributed by atoms with Gasteiger partial charge in [0, 0.05) is 16.4 Å². The van der Waals surface area contributed by atoms with Crippen molar-refractivity contribution >= 4 is 23.2 Å². The molecule has 1 aromatic carbocycles. The van der Waals surface area contributed by atoms with Crippen LogP contribution in [0.4, 0.5) is 5.69 Å². The Balaban J connectivity index is 2.18. The molecule has 1 N–H and O–H groups in total. The summed E-state index contributed by atoms with van der Waals surface area (Å²) >= 11 is 6.01. The zero-order valence-corrected chi connectivity index (χ0v) is 11.5. The molecule has 2 aromatic rings. The number of halogens is 1. The Hall–Kier alpha value is -1.94. The van der Waals surface area contributed by atoms with E-state index in [0.717, 1.165) is 17.7 Å². The molecule has 0 aliphatic heterocycles. The number of hydrogen-bond acceptors (Lipinski definition) is 3. The minimum atomic E-state index is -0.267. The van der Waals surface area contributed by atoms with Crippen molar-refractivity contribution in [3.05, 3.63) is 52.6 Å². The molecule has 0 spiro atoms. The molecule has 0 atom stereocenters. The molecule has 1 amide bonds. The normalized spacial score (nSPS) is 10.3. The van der Waals surface area contributed by atoms with Crippen molar-refractivity contribution in [2.75, 3.05) is 5.32 Å². The average molecular weight is 276 g/mol. The number of hydrogen-bond donors (Lipinski definition) is 1. The van der Waals surface area contributed by atoms with Crippen LogP contribution in [0.15, 0.2) is 30.6 Å². The number of aryl methyl sites for hydroxylation is 2. The van der Waals surface area contributed by atoms with E-state index in [1.54, 1.807) is 18.2 Å². The van der Waals surface area contributed by atoms with Gasteiger partial charge in [-0.05, 0) is 37.1 Å². The molecule has 1 heterocycles. The minimum Gasteiger partial charge on any atom is -0.321 e.